The van der Waals surface area contributed by atoms with Gasteiger partial charge in [0.15, 0.2) is 5.96 Å². The molecule has 1 aromatic heterocycles. The molecule has 1 aromatic rings. The molecular formula is C17H30N6OS. The molecule has 0 unspecified atom stereocenters. The summed E-state index contributed by atoms with van der Waals surface area (Å²) in [4.78, 5) is 22.4. The number of nitrogens with zero attached hydrogens (tertiary/aromatic N) is 3. The number of aromatic nitrogens is 1. The second kappa shape index (κ2) is 9.72. The fourth-order valence-electron chi connectivity index (χ4n) is 2.79. The van der Waals surface area contributed by atoms with Gasteiger partial charge in [0.1, 0.15) is 0 Å². The number of aliphatic imine (C=N–C) groups is 1. The Hall–Kier alpha value is -1.67. The Kier molecular flexibility index (Phi) is 7.64. The van der Waals surface area contributed by atoms with Crippen LogP contribution in [0.2, 0.25) is 0 Å². The summed E-state index contributed by atoms with van der Waals surface area (Å²) in [5.41, 5.74) is 6.28. The van der Waals surface area contributed by atoms with Crippen LogP contribution < -0.4 is 16.4 Å². The lowest BCUT2D eigenvalue weighted by atomic mass is 10.1. The highest BCUT2D eigenvalue weighted by molar-refractivity contribution is 7.09. The van der Waals surface area contributed by atoms with E-state index in [9.17, 15) is 4.79 Å². The van der Waals surface area contributed by atoms with Crippen molar-refractivity contribution >= 4 is 23.2 Å². The second-order valence-electron chi connectivity index (χ2n) is 6.69. The second-order valence-corrected chi connectivity index (χ2v) is 7.58. The van der Waals surface area contributed by atoms with E-state index in [0.717, 1.165) is 49.1 Å². The molecule has 7 nitrogen and oxygen atoms in total. The predicted octanol–water partition coefficient (Wildman–Crippen LogP) is 1.27. The lowest BCUT2D eigenvalue weighted by molar-refractivity contribution is -0.119. The Morgan fingerprint density at radius 3 is 2.76 bits per heavy atom. The van der Waals surface area contributed by atoms with Crippen molar-refractivity contribution in [3.8, 4) is 0 Å². The monoisotopic (exact) mass is 366 g/mol. The fraction of sp³-hybridized carbons (Fsp3) is 0.706. The first-order chi connectivity index (χ1) is 12.0. The maximum atomic E-state index is 11.0. The Labute approximate surface area is 154 Å². The van der Waals surface area contributed by atoms with Crippen LogP contribution in [0.5, 0.6) is 0 Å². The maximum Gasteiger partial charge on any atom is 0.231 e. The minimum atomic E-state index is -0.259. The number of carbonyl (C=O) groups excluding carboxylic acids is 1. The van der Waals surface area contributed by atoms with Crippen LogP contribution in [0, 0.1) is 0 Å². The van der Waals surface area contributed by atoms with Crippen molar-refractivity contribution in [3.63, 3.8) is 0 Å². The molecule has 1 amide bonds. The fourth-order valence-corrected chi connectivity index (χ4v) is 3.62. The van der Waals surface area contributed by atoms with Crippen LogP contribution in [0.1, 0.15) is 50.2 Å². The summed E-state index contributed by atoms with van der Waals surface area (Å²) in [6, 6.07) is 0.364. The van der Waals surface area contributed by atoms with E-state index in [2.05, 4.69) is 51.7 Å². The van der Waals surface area contributed by atoms with Crippen LogP contribution in [0.3, 0.4) is 0 Å². The zero-order valence-corrected chi connectivity index (χ0v) is 16.2. The number of piperidine rings is 1. The summed E-state index contributed by atoms with van der Waals surface area (Å²) in [6.07, 6.45) is 1.96. The van der Waals surface area contributed by atoms with Crippen LogP contribution in [-0.4, -0.2) is 54.0 Å². The molecule has 8 heteroatoms. The van der Waals surface area contributed by atoms with E-state index in [0.29, 0.717) is 25.0 Å². The largest absolute Gasteiger partial charge is 0.369 e. The number of nitrogens with two attached hydrogens (primary N) is 1. The molecule has 1 fully saturated rings. The van der Waals surface area contributed by atoms with Gasteiger partial charge in [-0.15, -0.1) is 11.3 Å². The molecule has 0 bridgehead atoms. The standard InChI is InChI=1S/C17H30N6OS/c1-4-19-17(20-9-14-11-25-16(21-14)12(2)3)22-13-5-7-23(8-6-13)10-15(18)24/h11-13H,4-10H2,1-3H3,(H2,18,24)(H2,19,20,22). The summed E-state index contributed by atoms with van der Waals surface area (Å²) in [5.74, 6) is 1.03. The number of nitrogens with one attached hydrogen (secondary N) is 2. The molecule has 0 spiro atoms. The van der Waals surface area contributed by atoms with Crippen molar-refractivity contribution < 1.29 is 4.79 Å². The third-order valence-corrected chi connectivity index (χ3v) is 5.31. The van der Waals surface area contributed by atoms with Gasteiger partial charge in [0.25, 0.3) is 0 Å². The van der Waals surface area contributed by atoms with Crippen molar-refractivity contribution in [2.24, 2.45) is 10.7 Å². The SMILES string of the molecule is CCNC(=NCc1csc(C(C)C)n1)NC1CCN(CC(N)=O)CC1. The third-order valence-electron chi connectivity index (χ3n) is 4.11. The summed E-state index contributed by atoms with van der Waals surface area (Å²) >= 11 is 1.70. The number of amides is 1. The first-order valence-corrected chi connectivity index (χ1v) is 9.85. The number of primary amides is 1. The lowest BCUT2D eigenvalue weighted by Gasteiger charge is -2.32. The summed E-state index contributed by atoms with van der Waals surface area (Å²) in [7, 11) is 0. The molecule has 1 aliphatic heterocycles. The van der Waals surface area contributed by atoms with Crippen molar-refractivity contribution in [3.05, 3.63) is 16.1 Å². The third kappa shape index (κ3) is 6.62. The molecule has 1 saturated heterocycles. The number of hydrogen-bond donors (Lipinski definition) is 3. The molecule has 1 aliphatic rings. The molecule has 0 radical (unpaired) electrons. The average Bonchev–Trinajstić information content (AvgIpc) is 3.03. The van der Waals surface area contributed by atoms with Gasteiger partial charge in [0, 0.05) is 37.0 Å². The van der Waals surface area contributed by atoms with Gasteiger partial charge in [-0.25, -0.2) is 9.98 Å². The highest BCUT2D eigenvalue weighted by atomic mass is 32.1. The maximum absolute atomic E-state index is 11.0. The quantitative estimate of drug-likeness (QED) is 0.499. The molecule has 140 valence electrons. The molecule has 0 saturated carbocycles. The molecule has 2 rings (SSSR count). The van der Waals surface area contributed by atoms with Crippen molar-refractivity contribution in [2.75, 3.05) is 26.2 Å². The van der Waals surface area contributed by atoms with Gasteiger partial charge in [-0.1, -0.05) is 13.8 Å². The number of rotatable bonds is 7. The first-order valence-electron chi connectivity index (χ1n) is 8.97. The van der Waals surface area contributed by atoms with E-state index < -0.39 is 0 Å². The van der Waals surface area contributed by atoms with Crippen LogP contribution in [0.25, 0.3) is 0 Å². The zero-order valence-electron chi connectivity index (χ0n) is 15.4. The summed E-state index contributed by atoms with van der Waals surface area (Å²) in [5, 5.41) is 10.0. The van der Waals surface area contributed by atoms with E-state index in [1.807, 2.05) is 0 Å². The highest BCUT2D eigenvalue weighted by Gasteiger charge is 2.20. The summed E-state index contributed by atoms with van der Waals surface area (Å²) < 4.78 is 0. The van der Waals surface area contributed by atoms with Crippen LogP contribution in [0.4, 0.5) is 0 Å². The van der Waals surface area contributed by atoms with E-state index in [4.69, 9.17) is 5.73 Å². The Morgan fingerprint density at radius 2 is 2.20 bits per heavy atom. The Bertz CT molecular complexity index is 577. The van der Waals surface area contributed by atoms with Crippen molar-refractivity contribution in [2.45, 2.75) is 52.1 Å². The minimum absolute atomic E-state index is 0.259. The van der Waals surface area contributed by atoms with Crippen molar-refractivity contribution in [1.82, 2.24) is 20.5 Å². The van der Waals surface area contributed by atoms with E-state index in [1.54, 1.807) is 11.3 Å². The number of thiazole rings is 1. The van der Waals surface area contributed by atoms with E-state index in [1.165, 1.54) is 0 Å². The molecule has 0 aromatic carbocycles. The molecular weight excluding hydrogens is 336 g/mol. The number of hydrogen-bond acceptors (Lipinski definition) is 5. The van der Waals surface area contributed by atoms with Crippen LogP contribution >= 0.6 is 11.3 Å². The lowest BCUT2D eigenvalue weighted by Crippen LogP contribution is -2.49. The summed E-state index contributed by atoms with van der Waals surface area (Å²) in [6.45, 7) is 9.88. The molecule has 4 N–H and O–H groups in total. The predicted molar refractivity (Wildman–Crippen MR) is 103 cm³/mol. The van der Waals surface area contributed by atoms with Gasteiger partial charge in [0.2, 0.25) is 5.91 Å². The Balaban J connectivity index is 1.86. The zero-order chi connectivity index (χ0) is 18.2. The number of likely N-dealkylation sites (tertiary alicyclic amines) is 1. The smallest absolute Gasteiger partial charge is 0.231 e. The van der Waals surface area contributed by atoms with E-state index in [-0.39, 0.29) is 5.91 Å². The van der Waals surface area contributed by atoms with Gasteiger partial charge in [0.05, 0.1) is 23.8 Å². The van der Waals surface area contributed by atoms with Gasteiger partial charge >= 0.3 is 0 Å². The normalized spacial score (nSPS) is 17.0. The topological polar surface area (TPSA) is 95.6 Å². The molecule has 0 atom stereocenters. The number of guanidine groups is 1. The van der Waals surface area contributed by atoms with Gasteiger partial charge in [-0.3, -0.25) is 9.69 Å². The molecule has 25 heavy (non-hydrogen) atoms. The van der Waals surface area contributed by atoms with Gasteiger partial charge < -0.3 is 16.4 Å². The van der Waals surface area contributed by atoms with Crippen molar-refractivity contribution in [1.29, 1.82) is 0 Å². The molecule has 2 heterocycles. The average molecular weight is 367 g/mol. The highest BCUT2D eigenvalue weighted by Crippen LogP contribution is 2.19. The van der Waals surface area contributed by atoms with Crippen LogP contribution in [-0.2, 0) is 11.3 Å². The van der Waals surface area contributed by atoms with Crippen LogP contribution in [0.15, 0.2) is 10.4 Å². The number of carbonyl (C=O) groups is 1. The Morgan fingerprint density at radius 1 is 1.48 bits per heavy atom. The van der Waals surface area contributed by atoms with Gasteiger partial charge in [-0.2, -0.15) is 0 Å². The van der Waals surface area contributed by atoms with Gasteiger partial charge in [-0.05, 0) is 19.8 Å². The first kappa shape index (κ1) is 19.7. The molecule has 0 aliphatic carbocycles. The van der Waals surface area contributed by atoms with E-state index >= 15 is 0 Å². The minimum Gasteiger partial charge on any atom is -0.369 e.